The van der Waals surface area contributed by atoms with E-state index >= 15 is 0 Å². The van der Waals surface area contributed by atoms with Gasteiger partial charge in [-0.15, -0.1) is 11.3 Å². The lowest BCUT2D eigenvalue weighted by atomic mass is 10.1. The Morgan fingerprint density at radius 3 is 3.00 bits per heavy atom. The van der Waals surface area contributed by atoms with Gasteiger partial charge in [-0.05, 0) is 36.4 Å². The highest BCUT2D eigenvalue weighted by Crippen LogP contribution is 2.34. The summed E-state index contributed by atoms with van der Waals surface area (Å²) < 4.78 is 5.55. The van der Waals surface area contributed by atoms with Crippen molar-refractivity contribution in [1.82, 2.24) is 15.0 Å². The molecule has 0 N–H and O–H groups in total. The van der Waals surface area contributed by atoms with Gasteiger partial charge in [0.2, 0.25) is 0 Å². The number of rotatable bonds is 3. The maximum Gasteiger partial charge on any atom is 0.255 e. The fourth-order valence-corrected chi connectivity index (χ4v) is 3.97. The van der Waals surface area contributed by atoms with Gasteiger partial charge in [0.25, 0.3) is 5.91 Å². The maximum absolute atomic E-state index is 13.0. The van der Waals surface area contributed by atoms with Crippen LogP contribution in [0.25, 0.3) is 10.6 Å². The molecule has 1 aliphatic heterocycles. The van der Waals surface area contributed by atoms with Gasteiger partial charge in [0.15, 0.2) is 5.76 Å². The summed E-state index contributed by atoms with van der Waals surface area (Å²) in [5, 5.41) is 6.30. The highest BCUT2D eigenvalue weighted by atomic mass is 32.1. The van der Waals surface area contributed by atoms with Crippen LogP contribution in [0.15, 0.2) is 52.6 Å². The van der Waals surface area contributed by atoms with Crippen LogP contribution in [0.5, 0.6) is 0 Å². The Balaban J connectivity index is 1.64. The molecule has 1 saturated heterocycles. The quantitative estimate of drug-likeness (QED) is 0.693. The van der Waals surface area contributed by atoms with E-state index in [0.29, 0.717) is 5.56 Å². The molecule has 128 valence electrons. The van der Waals surface area contributed by atoms with Gasteiger partial charge in [0.05, 0.1) is 16.5 Å². The monoisotopic (exact) mass is 353 g/mol. The number of amides is 1. The summed E-state index contributed by atoms with van der Waals surface area (Å²) in [5.74, 6) is 0.781. The third kappa shape index (κ3) is 3.35. The van der Waals surface area contributed by atoms with Gasteiger partial charge in [-0.3, -0.25) is 9.78 Å². The van der Waals surface area contributed by atoms with Crippen LogP contribution in [0.4, 0.5) is 0 Å². The fourth-order valence-electron chi connectivity index (χ4n) is 3.29. The molecule has 0 radical (unpaired) electrons. The average molecular weight is 353 g/mol. The molecule has 1 atom stereocenters. The number of pyridine rings is 1. The Hall–Kier alpha value is -2.47. The largest absolute Gasteiger partial charge is 0.355 e. The van der Waals surface area contributed by atoms with Crippen molar-refractivity contribution in [3.8, 4) is 10.6 Å². The van der Waals surface area contributed by atoms with Gasteiger partial charge in [0, 0.05) is 25.0 Å². The van der Waals surface area contributed by atoms with E-state index < -0.39 is 0 Å². The molecule has 3 aromatic heterocycles. The van der Waals surface area contributed by atoms with Crippen molar-refractivity contribution in [1.29, 1.82) is 0 Å². The Labute approximate surface area is 150 Å². The number of hydrogen-bond acceptors (Lipinski definition) is 5. The molecule has 0 aromatic carbocycles. The number of carbonyl (C=O) groups excluding carboxylic acids is 1. The van der Waals surface area contributed by atoms with Crippen LogP contribution >= 0.6 is 11.3 Å². The number of hydrogen-bond donors (Lipinski definition) is 0. The van der Waals surface area contributed by atoms with E-state index in [4.69, 9.17) is 4.52 Å². The zero-order valence-corrected chi connectivity index (χ0v) is 14.6. The molecule has 1 amide bonds. The topological polar surface area (TPSA) is 59.2 Å². The molecule has 3 aromatic rings. The smallest absolute Gasteiger partial charge is 0.255 e. The lowest BCUT2D eigenvalue weighted by Crippen LogP contribution is -2.35. The predicted octanol–water partition coefficient (Wildman–Crippen LogP) is 4.56. The minimum Gasteiger partial charge on any atom is -0.355 e. The van der Waals surface area contributed by atoms with Gasteiger partial charge in [0.1, 0.15) is 5.69 Å². The molecule has 1 aliphatic rings. The number of thiophene rings is 1. The molecule has 5 nitrogen and oxygen atoms in total. The average Bonchev–Trinajstić information content (AvgIpc) is 3.29. The summed E-state index contributed by atoms with van der Waals surface area (Å²) in [6, 6.07) is 9.55. The Morgan fingerprint density at radius 2 is 2.20 bits per heavy atom. The molecule has 0 saturated carbocycles. The molecule has 0 bridgehead atoms. The molecular weight excluding hydrogens is 334 g/mol. The van der Waals surface area contributed by atoms with E-state index in [1.807, 2.05) is 34.5 Å². The Morgan fingerprint density at radius 1 is 1.24 bits per heavy atom. The number of nitrogens with zero attached hydrogens (tertiary/aromatic N) is 3. The molecular formula is C19H19N3O2S. The van der Waals surface area contributed by atoms with Crippen LogP contribution in [0.2, 0.25) is 0 Å². The molecule has 25 heavy (non-hydrogen) atoms. The first-order chi connectivity index (χ1) is 12.3. The van der Waals surface area contributed by atoms with E-state index in [0.717, 1.165) is 48.6 Å². The minimum absolute atomic E-state index is 0.0145. The highest BCUT2D eigenvalue weighted by Gasteiger charge is 2.30. The van der Waals surface area contributed by atoms with Crippen LogP contribution < -0.4 is 0 Å². The van der Waals surface area contributed by atoms with Crippen LogP contribution in [0, 0.1) is 0 Å². The normalized spacial score (nSPS) is 18.1. The van der Waals surface area contributed by atoms with E-state index in [1.54, 1.807) is 29.8 Å². The summed E-state index contributed by atoms with van der Waals surface area (Å²) in [5.41, 5.74) is 1.46. The molecule has 4 rings (SSSR count). The van der Waals surface area contributed by atoms with E-state index in [1.165, 1.54) is 0 Å². The first-order valence-corrected chi connectivity index (χ1v) is 9.42. The standard InChI is InChI=1S/C19H19N3O2S/c23-19(14-6-4-9-20-13-14)22-10-3-1-2-7-16(22)15-12-17(24-21-15)18-8-5-11-25-18/h4-6,8-9,11-13,16H,1-3,7,10H2. The highest BCUT2D eigenvalue weighted by molar-refractivity contribution is 7.13. The molecule has 0 aliphatic carbocycles. The second-order valence-corrected chi connectivity index (χ2v) is 7.15. The molecule has 1 unspecified atom stereocenters. The second kappa shape index (κ2) is 7.19. The van der Waals surface area contributed by atoms with Gasteiger partial charge in [-0.25, -0.2) is 0 Å². The Bertz CT molecular complexity index is 829. The fraction of sp³-hybridized carbons (Fsp3) is 0.316. The van der Waals surface area contributed by atoms with Crippen molar-refractivity contribution in [3.05, 3.63) is 59.4 Å². The molecule has 4 heterocycles. The van der Waals surface area contributed by atoms with Crippen molar-refractivity contribution in [2.24, 2.45) is 0 Å². The van der Waals surface area contributed by atoms with Gasteiger partial charge in [-0.2, -0.15) is 0 Å². The summed E-state index contributed by atoms with van der Waals surface area (Å²) >= 11 is 1.62. The van der Waals surface area contributed by atoms with Crippen molar-refractivity contribution in [3.63, 3.8) is 0 Å². The first-order valence-electron chi connectivity index (χ1n) is 8.54. The van der Waals surface area contributed by atoms with Gasteiger partial charge < -0.3 is 9.42 Å². The van der Waals surface area contributed by atoms with E-state index in [-0.39, 0.29) is 11.9 Å². The third-order valence-corrected chi connectivity index (χ3v) is 5.44. The summed E-state index contributed by atoms with van der Waals surface area (Å²) in [6.45, 7) is 0.736. The van der Waals surface area contributed by atoms with Crippen molar-refractivity contribution in [2.75, 3.05) is 6.54 Å². The van der Waals surface area contributed by atoms with Crippen molar-refractivity contribution in [2.45, 2.75) is 31.7 Å². The zero-order valence-electron chi connectivity index (χ0n) is 13.8. The van der Waals surface area contributed by atoms with Gasteiger partial charge in [-0.1, -0.05) is 24.1 Å². The summed E-state index contributed by atoms with van der Waals surface area (Å²) in [4.78, 5) is 20.1. The maximum atomic E-state index is 13.0. The van der Waals surface area contributed by atoms with E-state index in [9.17, 15) is 4.79 Å². The number of carbonyl (C=O) groups is 1. The lowest BCUT2D eigenvalue weighted by Gasteiger charge is -2.28. The summed E-state index contributed by atoms with van der Waals surface area (Å²) in [7, 11) is 0. The SMILES string of the molecule is O=C(c1cccnc1)N1CCCCCC1c1cc(-c2cccs2)on1. The minimum atomic E-state index is -0.0485. The predicted molar refractivity (Wildman–Crippen MR) is 96.3 cm³/mol. The molecule has 1 fully saturated rings. The number of likely N-dealkylation sites (tertiary alicyclic amines) is 1. The van der Waals surface area contributed by atoms with Crippen LogP contribution in [-0.2, 0) is 0 Å². The zero-order chi connectivity index (χ0) is 17.1. The Kier molecular flexibility index (Phi) is 4.61. The van der Waals surface area contributed by atoms with E-state index in [2.05, 4.69) is 10.1 Å². The molecule has 0 spiro atoms. The second-order valence-electron chi connectivity index (χ2n) is 6.20. The van der Waals surface area contributed by atoms with Crippen LogP contribution in [0.3, 0.4) is 0 Å². The first kappa shape index (κ1) is 16.0. The van der Waals surface area contributed by atoms with Crippen LogP contribution in [0.1, 0.15) is 47.8 Å². The van der Waals surface area contributed by atoms with Crippen molar-refractivity contribution < 1.29 is 9.32 Å². The summed E-state index contributed by atoms with van der Waals surface area (Å²) in [6.07, 6.45) is 7.44. The van der Waals surface area contributed by atoms with Crippen molar-refractivity contribution >= 4 is 17.2 Å². The lowest BCUT2D eigenvalue weighted by molar-refractivity contribution is 0.0673. The molecule has 6 heteroatoms. The van der Waals surface area contributed by atoms with Gasteiger partial charge >= 0.3 is 0 Å². The van der Waals surface area contributed by atoms with Crippen LogP contribution in [-0.4, -0.2) is 27.5 Å². The third-order valence-electron chi connectivity index (χ3n) is 4.56. The number of aromatic nitrogens is 2.